The second-order valence-corrected chi connectivity index (χ2v) is 5.41. The lowest BCUT2D eigenvalue weighted by Crippen LogP contribution is -2.38. The zero-order valence-corrected chi connectivity index (χ0v) is 11.2. The van der Waals surface area contributed by atoms with Gasteiger partial charge in [-0.15, -0.1) is 0 Å². The van der Waals surface area contributed by atoms with E-state index in [1.807, 2.05) is 0 Å². The number of piperidine rings is 1. The maximum Gasteiger partial charge on any atom is 0.305 e. The van der Waals surface area contributed by atoms with Crippen molar-refractivity contribution >= 4 is 5.97 Å². The molecule has 1 saturated heterocycles. The normalized spacial score (nSPS) is 22.1. The minimum atomic E-state index is -0.812. The molecule has 19 heavy (non-hydrogen) atoms. The van der Waals surface area contributed by atoms with Crippen molar-refractivity contribution in [2.45, 2.75) is 32.2 Å². The molecule has 0 spiro atoms. The topological polar surface area (TPSA) is 40.5 Å². The molecule has 3 nitrogen and oxygen atoms in total. The van der Waals surface area contributed by atoms with Crippen LogP contribution in [0.3, 0.4) is 0 Å². The summed E-state index contributed by atoms with van der Waals surface area (Å²) in [5.74, 6) is -0.511. The van der Waals surface area contributed by atoms with Crippen molar-refractivity contribution < 1.29 is 14.3 Å². The Kier molecular flexibility index (Phi) is 4.53. The molecule has 0 aromatic heterocycles. The van der Waals surface area contributed by atoms with Gasteiger partial charge in [0.25, 0.3) is 0 Å². The number of rotatable bonds is 4. The van der Waals surface area contributed by atoms with Crippen LogP contribution in [0.15, 0.2) is 24.3 Å². The Morgan fingerprint density at radius 2 is 2.16 bits per heavy atom. The highest BCUT2D eigenvalue weighted by Crippen LogP contribution is 2.29. The average Bonchev–Trinajstić information content (AvgIpc) is 2.37. The predicted octanol–water partition coefficient (Wildman–Crippen LogP) is 3.07. The summed E-state index contributed by atoms with van der Waals surface area (Å²) in [6.07, 6.45) is 2.36. The number of carboxylic acid groups (broad SMARTS) is 1. The molecule has 0 amide bonds. The van der Waals surface area contributed by atoms with E-state index in [0.717, 1.165) is 25.1 Å². The van der Waals surface area contributed by atoms with Gasteiger partial charge in [0.2, 0.25) is 0 Å². The number of hydrogen-bond acceptors (Lipinski definition) is 2. The van der Waals surface area contributed by atoms with Gasteiger partial charge in [0, 0.05) is 12.6 Å². The number of halogens is 1. The molecule has 0 saturated carbocycles. The fourth-order valence-corrected chi connectivity index (χ4v) is 2.82. The molecule has 0 radical (unpaired) electrons. The highest BCUT2D eigenvalue weighted by Gasteiger charge is 2.26. The SMILES string of the molecule is CC1CCCN(C(CC(=O)O)c2ccc(F)cc2)C1. The number of hydrogen-bond donors (Lipinski definition) is 1. The lowest BCUT2D eigenvalue weighted by Gasteiger charge is -2.37. The molecule has 2 unspecified atom stereocenters. The van der Waals surface area contributed by atoms with Crippen LogP contribution < -0.4 is 0 Å². The number of likely N-dealkylation sites (tertiary alicyclic amines) is 1. The molecule has 1 aliphatic rings. The van der Waals surface area contributed by atoms with E-state index >= 15 is 0 Å². The number of carboxylic acids is 1. The van der Waals surface area contributed by atoms with Gasteiger partial charge in [-0.1, -0.05) is 19.1 Å². The quantitative estimate of drug-likeness (QED) is 0.909. The highest BCUT2D eigenvalue weighted by atomic mass is 19.1. The number of benzene rings is 1. The van der Waals surface area contributed by atoms with E-state index in [9.17, 15) is 9.18 Å². The Morgan fingerprint density at radius 1 is 1.47 bits per heavy atom. The molecule has 4 heteroatoms. The molecule has 2 atom stereocenters. The van der Waals surface area contributed by atoms with Crippen molar-refractivity contribution in [2.24, 2.45) is 5.92 Å². The van der Waals surface area contributed by atoms with E-state index < -0.39 is 5.97 Å². The van der Waals surface area contributed by atoms with Gasteiger partial charge in [-0.25, -0.2) is 4.39 Å². The molecule has 1 N–H and O–H groups in total. The van der Waals surface area contributed by atoms with E-state index in [0.29, 0.717) is 5.92 Å². The van der Waals surface area contributed by atoms with Gasteiger partial charge < -0.3 is 5.11 Å². The standard InChI is InChI=1S/C15H20FNO2/c1-11-3-2-8-17(10-11)14(9-15(18)19)12-4-6-13(16)7-5-12/h4-7,11,14H,2-3,8-10H2,1H3,(H,18,19). The van der Waals surface area contributed by atoms with Gasteiger partial charge in [0.15, 0.2) is 0 Å². The van der Waals surface area contributed by atoms with Gasteiger partial charge in [0.1, 0.15) is 5.82 Å². The van der Waals surface area contributed by atoms with Crippen LogP contribution in [0, 0.1) is 11.7 Å². The lowest BCUT2D eigenvalue weighted by atomic mass is 9.94. The van der Waals surface area contributed by atoms with E-state index in [1.165, 1.54) is 18.6 Å². The van der Waals surface area contributed by atoms with E-state index in [1.54, 1.807) is 12.1 Å². The maximum absolute atomic E-state index is 13.0. The number of aliphatic carboxylic acids is 1. The van der Waals surface area contributed by atoms with Crippen LogP contribution in [0.2, 0.25) is 0 Å². The third-order valence-corrected chi connectivity index (χ3v) is 3.75. The predicted molar refractivity (Wildman–Crippen MR) is 71.4 cm³/mol. The van der Waals surface area contributed by atoms with Crippen molar-refractivity contribution in [1.82, 2.24) is 4.90 Å². The summed E-state index contributed by atoms with van der Waals surface area (Å²) in [5, 5.41) is 9.10. The summed E-state index contributed by atoms with van der Waals surface area (Å²) in [4.78, 5) is 13.3. The third kappa shape index (κ3) is 3.77. The second-order valence-electron chi connectivity index (χ2n) is 5.41. The first kappa shape index (κ1) is 14.0. The fourth-order valence-electron chi connectivity index (χ4n) is 2.82. The van der Waals surface area contributed by atoms with Gasteiger partial charge in [-0.05, 0) is 43.0 Å². The summed E-state index contributed by atoms with van der Waals surface area (Å²) in [6, 6.07) is 6.04. The summed E-state index contributed by atoms with van der Waals surface area (Å²) in [5.41, 5.74) is 0.887. The first-order valence-corrected chi connectivity index (χ1v) is 6.77. The zero-order chi connectivity index (χ0) is 13.8. The van der Waals surface area contributed by atoms with E-state index in [4.69, 9.17) is 5.11 Å². The summed E-state index contributed by atoms with van der Waals surface area (Å²) < 4.78 is 13.0. The Hall–Kier alpha value is -1.42. The van der Waals surface area contributed by atoms with Crippen LogP contribution in [0.5, 0.6) is 0 Å². The third-order valence-electron chi connectivity index (χ3n) is 3.75. The Balaban J connectivity index is 2.19. The molecule has 1 aromatic carbocycles. The summed E-state index contributed by atoms with van der Waals surface area (Å²) in [6.45, 7) is 4.02. The van der Waals surface area contributed by atoms with Gasteiger partial charge in [-0.3, -0.25) is 9.69 Å². The van der Waals surface area contributed by atoms with Crippen molar-refractivity contribution in [3.05, 3.63) is 35.6 Å². The number of carbonyl (C=O) groups is 1. The van der Waals surface area contributed by atoms with Crippen LogP contribution >= 0.6 is 0 Å². The second kappa shape index (κ2) is 6.15. The Bertz CT molecular complexity index is 432. The first-order valence-electron chi connectivity index (χ1n) is 6.77. The molecule has 104 valence electrons. The van der Waals surface area contributed by atoms with Crippen LogP contribution in [0.25, 0.3) is 0 Å². The van der Waals surface area contributed by atoms with Crippen molar-refractivity contribution in [1.29, 1.82) is 0 Å². The Labute approximate surface area is 113 Å². The molecule has 1 aromatic rings. The van der Waals surface area contributed by atoms with Crippen LogP contribution in [-0.2, 0) is 4.79 Å². The Morgan fingerprint density at radius 3 is 2.74 bits per heavy atom. The molecular weight excluding hydrogens is 245 g/mol. The molecule has 0 aliphatic carbocycles. The van der Waals surface area contributed by atoms with Crippen LogP contribution in [-0.4, -0.2) is 29.1 Å². The van der Waals surface area contributed by atoms with Gasteiger partial charge in [0.05, 0.1) is 6.42 Å². The first-order chi connectivity index (χ1) is 9.06. The summed E-state index contributed by atoms with van der Waals surface area (Å²) in [7, 11) is 0. The zero-order valence-electron chi connectivity index (χ0n) is 11.2. The fraction of sp³-hybridized carbons (Fsp3) is 0.533. The smallest absolute Gasteiger partial charge is 0.305 e. The minimum Gasteiger partial charge on any atom is -0.481 e. The maximum atomic E-state index is 13.0. The van der Waals surface area contributed by atoms with Crippen molar-refractivity contribution in [3.63, 3.8) is 0 Å². The van der Waals surface area contributed by atoms with Crippen LogP contribution in [0.4, 0.5) is 4.39 Å². The van der Waals surface area contributed by atoms with Gasteiger partial charge in [-0.2, -0.15) is 0 Å². The van der Waals surface area contributed by atoms with E-state index in [-0.39, 0.29) is 18.3 Å². The van der Waals surface area contributed by atoms with Crippen molar-refractivity contribution in [2.75, 3.05) is 13.1 Å². The molecule has 1 aliphatic heterocycles. The molecule has 0 bridgehead atoms. The van der Waals surface area contributed by atoms with E-state index in [2.05, 4.69) is 11.8 Å². The lowest BCUT2D eigenvalue weighted by molar-refractivity contribution is -0.138. The summed E-state index contributed by atoms with van der Waals surface area (Å²) >= 11 is 0. The highest BCUT2D eigenvalue weighted by molar-refractivity contribution is 5.68. The molecule has 1 heterocycles. The van der Waals surface area contributed by atoms with Crippen molar-refractivity contribution in [3.8, 4) is 0 Å². The average molecular weight is 265 g/mol. The number of nitrogens with zero attached hydrogens (tertiary/aromatic N) is 1. The molecule has 2 rings (SSSR count). The minimum absolute atomic E-state index is 0.0678. The largest absolute Gasteiger partial charge is 0.481 e. The molecule has 1 fully saturated rings. The molecular formula is C15H20FNO2. The van der Waals surface area contributed by atoms with Crippen LogP contribution in [0.1, 0.15) is 37.8 Å². The monoisotopic (exact) mass is 265 g/mol. The van der Waals surface area contributed by atoms with Gasteiger partial charge >= 0.3 is 5.97 Å².